The van der Waals surface area contributed by atoms with Gasteiger partial charge in [0.2, 0.25) is 11.8 Å². The number of hydrogen-bond donors (Lipinski definition) is 1. The lowest BCUT2D eigenvalue weighted by molar-refractivity contribution is -0.130. The van der Waals surface area contributed by atoms with E-state index in [0.717, 1.165) is 19.6 Å². The van der Waals surface area contributed by atoms with E-state index < -0.39 is 0 Å². The van der Waals surface area contributed by atoms with Crippen LogP contribution in [0.5, 0.6) is 0 Å². The first kappa shape index (κ1) is 12.4. The van der Waals surface area contributed by atoms with Crippen LogP contribution in [0.15, 0.2) is 0 Å². The minimum absolute atomic E-state index is 0.0124. The molecule has 0 aromatic rings. The van der Waals surface area contributed by atoms with Crippen LogP contribution in [-0.4, -0.2) is 61.4 Å². The molecular weight excluding hydrogens is 218 g/mol. The van der Waals surface area contributed by atoms with Crippen LogP contribution in [0.4, 0.5) is 0 Å². The average molecular weight is 239 g/mol. The number of hydrogen-bond acceptors (Lipinski definition) is 3. The van der Waals surface area contributed by atoms with Gasteiger partial charge in [-0.15, -0.1) is 0 Å². The fourth-order valence-corrected chi connectivity index (χ4v) is 2.66. The van der Waals surface area contributed by atoms with E-state index >= 15 is 0 Å². The zero-order chi connectivity index (χ0) is 12.3. The molecule has 0 radical (unpaired) electrons. The molecule has 96 valence electrons. The molecule has 0 aliphatic carbocycles. The molecule has 2 aliphatic heterocycles. The Hall–Kier alpha value is -1.10. The van der Waals surface area contributed by atoms with E-state index in [9.17, 15) is 9.59 Å². The second kappa shape index (κ2) is 5.49. The molecular formula is C12H21N3O2. The van der Waals surface area contributed by atoms with Crippen LogP contribution in [0.3, 0.4) is 0 Å². The number of nitrogens with zero attached hydrogens (tertiary/aromatic N) is 2. The van der Waals surface area contributed by atoms with E-state index in [4.69, 9.17) is 0 Å². The SMILES string of the molecule is CN1CCCC(CN2CCC(=O)NCC2=O)C1. The van der Waals surface area contributed by atoms with Crippen LogP contribution in [0.1, 0.15) is 19.3 Å². The maximum atomic E-state index is 11.8. The van der Waals surface area contributed by atoms with Crippen LogP contribution in [0.2, 0.25) is 0 Å². The molecule has 2 aliphatic rings. The van der Waals surface area contributed by atoms with Crippen LogP contribution in [0.25, 0.3) is 0 Å². The summed E-state index contributed by atoms with van der Waals surface area (Å²) < 4.78 is 0. The van der Waals surface area contributed by atoms with Gasteiger partial charge in [-0.1, -0.05) is 0 Å². The van der Waals surface area contributed by atoms with Gasteiger partial charge >= 0.3 is 0 Å². The quantitative estimate of drug-likeness (QED) is 0.718. The maximum Gasteiger partial charge on any atom is 0.241 e. The van der Waals surface area contributed by atoms with Crippen LogP contribution < -0.4 is 5.32 Å². The van der Waals surface area contributed by atoms with Crippen molar-refractivity contribution in [2.24, 2.45) is 5.92 Å². The topological polar surface area (TPSA) is 52.6 Å². The molecule has 0 spiro atoms. The molecule has 5 nitrogen and oxygen atoms in total. The summed E-state index contributed by atoms with van der Waals surface area (Å²) in [5.74, 6) is 0.608. The van der Waals surface area contributed by atoms with E-state index in [1.54, 1.807) is 0 Å². The standard InChI is InChI=1S/C12H21N3O2/c1-14-5-2-3-10(8-14)9-15-6-4-11(16)13-7-12(15)17/h10H,2-9H2,1H3,(H,13,16). The first-order chi connectivity index (χ1) is 8.15. The number of carbonyl (C=O) groups is 2. The first-order valence-corrected chi connectivity index (χ1v) is 6.38. The van der Waals surface area contributed by atoms with E-state index in [2.05, 4.69) is 17.3 Å². The predicted octanol–water partition coefficient (Wildman–Crippen LogP) is -0.323. The van der Waals surface area contributed by atoms with Crippen molar-refractivity contribution in [3.8, 4) is 0 Å². The summed E-state index contributed by atoms with van der Waals surface area (Å²) in [6.45, 7) is 3.76. The van der Waals surface area contributed by atoms with Gasteiger partial charge in [0.15, 0.2) is 0 Å². The lowest BCUT2D eigenvalue weighted by Crippen LogP contribution is -2.43. The molecule has 2 saturated heterocycles. The van der Waals surface area contributed by atoms with Crippen LogP contribution in [-0.2, 0) is 9.59 Å². The van der Waals surface area contributed by atoms with Crippen molar-refractivity contribution in [2.45, 2.75) is 19.3 Å². The van der Waals surface area contributed by atoms with Crippen molar-refractivity contribution in [3.63, 3.8) is 0 Å². The van der Waals surface area contributed by atoms with E-state index in [1.165, 1.54) is 12.8 Å². The zero-order valence-electron chi connectivity index (χ0n) is 10.4. The summed E-state index contributed by atoms with van der Waals surface area (Å²) in [4.78, 5) is 27.2. The first-order valence-electron chi connectivity index (χ1n) is 6.38. The number of likely N-dealkylation sites (tertiary alicyclic amines) is 1. The predicted molar refractivity (Wildman–Crippen MR) is 64.4 cm³/mol. The summed E-state index contributed by atoms with van der Waals surface area (Å²) in [7, 11) is 2.13. The third kappa shape index (κ3) is 3.43. The second-order valence-electron chi connectivity index (χ2n) is 5.14. The highest BCUT2D eigenvalue weighted by Gasteiger charge is 2.25. The van der Waals surface area contributed by atoms with Crippen molar-refractivity contribution in [3.05, 3.63) is 0 Å². The number of nitrogens with one attached hydrogen (secondary N) is 1. The van der Waals surface area contributed by atoms with Gasteiger partial charge in [0.1, 0.15) is 0 Å². The summed E-state index contributed by atoms with van der Waals surface area (Å²) >= 11 is 0. The Bertz CT molecular complexity index is 306. The van der Waals surface area contributed by atoms with Gasteiger partial charge in [0.05, 0.1) is 6.54 Å². The Morgan fingerprint density at radius 3 is 2.94 bits per heavy atom. The van der Waals surface area contributed by atoms with Gasteiger partial charge in [0.25, 0.3) is 0 Å². The lowest BCUT2D eigenvalue weighted by Gasteiger charge is -2.33. The molecule has 17 heavy (non-hydrogen) atoms. The molecule has 1 unspecified atom stereocenters. The highest BCUT2D eigenvalue weighted by Crippen LogP contribution is 2.17. The molecule has 0 saturated carbocycles. The third-order valence-electron chi connectivity index (χ3n) is 3.60. The van der Waals surface area contributed by atoms with Gasteiger partial charge < -0.3 is 15.1 Å². The van der Waals surface area contributed by atoms with Gasteiger partial charge in [-0.05, 0) is 32.4 Å². The van der Waals surface area contributed by atoms with Crippen molar-refractivity contribution in [1.29, 1.82) is 0 Å². The Morgan fingerprint density at radius 1 is 1.35 bits per heavy atom. The van der Waals surface area contributed by atoms with Crippen LogP contribution >= 0.6 is 0 Å². The Morgan fingerprint density at radius 2 is 2.18 bits per heavy atom. The van der Waals surface area contributed by atoms with Gasteiger partial charge in [0, 0.05) is 26.1 Å². The monoisotopic (exact) mass is 239 g/mol. The Labute approximate surface area is 102 Å². The molecule has 0 aromatic carbocycles. The average Bonchev–Trinajstić information content (AvgIpc) is 2.45. The van der Waals surface area contributed by atoms with Crippen molar-refractivity contribution < 1.29 is 9.59 Å². The van der Waals surface area contributed by atoms with Gasteiger partial charge in [-0.25, -0.2) is 0 Å². The molecule has 2 amide bonds. The van der Waals surface area contributed by atoms with Crippen molar-refractivity contribution in [2.75, 3.05) is 39.8 Å². The van der Waals surface area contributed by atoms with Crippen LogP contribution in [0, 0.1) is 5.92 Å². The highest BCUT2D eigenvalue weighted by molar-refractivity contribution is 5.87. The lowest BCUT2D eigenvalue weighted by atomic mass is 9.98. The smallest absolute Gasteiger partial charge is 0.241 e. The Kier molecular flexibility index (Phi) is 3.99. The number of amides is 2. The van der Waals surface area contributed by atoms with Crippen molar-refractivity contribution in [1.82, 2.24) is 15.1 Å². The van der Waals surface area contributed by atoms with Gasteiger partial charge in [-0.3, -0.25) is 9.59 Å². The number of piperidine rings is 1. The zero-order valence-corrected chi connectivity index (χ0v) is 10.4. The molecule has 2 heterocycles. The minimum atomic E-state index is -0.0124. The molecule has 0 bridgehead atoms. The molecule has 1 atom stereocenters. The Balaban J connectivity index is 1.88. The van der Waals surface area contributed by atoms with Crippen molar-refractivity contribution >= 4 is 11.8 Å². The fraction of sp³-hybridized carbons (Fsp3) is 0.833. The molecule has 0 aromatic heterocycles. The second-order valence-corrected chi connectivity index (χ2v) is 5.14. The summed E-state index contributed by atoms with van der Waals surface area (Å²) in [5.41, 5.74) is 0. The number of rotatable bonds is 2. The third-order valence-corrected chi connectivity index (χ3v) is 3.60. The molecule has 1 N–H and O–H groups in total. The number of carbonyl (C=O) groups excluding carboxylic acids is 2. The van der Waals surface area contributed by atoms with Gasteiger partial charge in [-0.2, -0.15) is 0 Å². The molecule has 2 rings (SSSR count). The maximum absolute atomic E-state index is 11.8. The van der Waals surface area contributed by atoms with E-state index in [0.29, 0.717) is 18.9 Å². The fourth-order valence-electron chi connectivity index (χ4n) is 2.66. The summed E-state index contributed by atoms with van der Waals surface area (Å²) in [6.07, 6.45) is 2.84. The van der Waals surface area contributed by atoms with E-state index in [1.807, 2.05) is 4.90 Å². The normalized spacial score (nSPS) is 27.8. The largest absolute Gasteiger partial charge is 0.347 e. The molecule has 5 heteroatoms. The molecule has 2 fully saturated rings. The highest BCUT2D eigenvalue weighted by atomic mass is 16.2. The summed E-state index contributed by atoms with van der Waals surface area (Å²) in [6, 6.07) is 0. The minimum Gasteiger partial charge on any atom is -0.347 e. The van der Waals surface area contributed by atoms with E-state index in [-0.39, 0.29) is 18.4 Å². The summed E-state index contributed by atoms with van der Waals surface area (Å²) in [5, 5.41) is 2.63.